The first-order valence-corrected chi connectivity index (χ1v) is 6.24. The fourth-order valence-electron chi connectivity index (χ4n) is 1.62. The molecule has 0 unspecified atom stereocenters. The largest absolute Gasteiger partial charge is 0.256 e. The number of rotatable bonds is 3. The third-order valence-corrected chi connectivity index (χ3v) is 2.91. The zero-order valence-corrected chi connectivity index (χ0v) is 11.6. The monoisotopic (exact) mass is 284 g/mol. The van der Waals surface area contributed by atoms with Gasteiger partial charge in [0.1, 0.15) is 5.16 Å². The molecule has 18 heavy (non-hydrogen) atoms. The molecule has 1 aliphatic heterocycles. The standard InChI is InChI=1S/C12H14Cl2N4/c1-12(2,9-6-4-3-5-7-9)17-18-15-10(13)8-11(14)16-18/h3-8,15,17H,1-2H3. The molecular weight excluding hydrogens is 271 g/mol. The van der Waals surface area contributed by atoms with Crippen molar-refractivity contribution in [2.75, 3.05) is 0 Å². The average molecular weight is 285 g/mol. The molecule has 0 amide bonds. The highest BCUT2D eigenvalue weighted by Gasteiger charge is 2.24. The number of allylic oxidation sites excluding steroid dienone is 1. The second-order valence-electron chi connectivity index (χ2n) is 4.44. The van der Waals surface area contributed by atoms with Gasteiger partial charge in [-0.1, -0.05) is 53.5 Å². The van der Waals surface area contributed by atoms with Gasteiger partial charge in [0, 0.05) is 6.08 Å². The maximum absolute atomic E-state index is 5.88. The van der Waals surface area contributed by atoms with E-state index in [1.54, 1.807) is 0 Å². The van der Waals surface area contributed by atoms with Crippen LogP contribution < -0.4 is 10.9 Å². The number of nitrogens with zero attached hydrogens (tertiary/aromatic N) is 2. The van der Waals surface area contributed by atoms with Crippen molar-refractivity contribution in [2.45, 2.75) is 19.4 Å². The van der Waals surface area contributed by atoms with Crippen LogP contribution in [0.3, 0.4) is 0 Å². The van der Waals surface area contributed by atoms with E-state index in [0.29, 0.717) is 10.3 Å². The predicted octanol–water partition coefficient (Wildman–Crippen LogP) is 2.88. The van der Waals surface area contributed by atoms with Gasteiger partial charge in [-0.2, -0.15) is 5.43 Å². The number of hydrazone groups is 1. The molecule has 2 N–H and O–H groups in total. The van der Waals surface area contributed by atoms with Gasteiger partial charge in [-0.3, -0.25) is 5.43 Å². The maximum Gasteiger partial charge on any atom is 0.155 e. The number of halogens is 2. The van der Waals surface area contributed by atoms with Crippen molar-refractivity contribution >= 4 is 28.4 Å². The molecule has 96 valence electrons. The van der Waals surface area contributed by atoms with Crippen LogP contribution in [0.15, 0.2) is 46.7 Å². The number of nitrogens with one attached hydrogen (secondary N) is 2. The first-order chi connectivity index (χ1) is 8.47. The van der Waals surface area contributed by atoms with Crippen LogP contribution >= 0.6 is 23.2 Å². The predicted molar refractivity (Wildman–Crippen MR) is 74.8 cm³/mol. The van der Waals surface area contributed by atoms with Gasteiger partial charge in [-0.05, 0) is 19.4 Å². The van der Waals surface area contributed by atoms with Crippen LogP contribution in [0.5, 0.6) is 0 Å². The molecule has 0 aromatic heterocycles. The Morgan fingerprint density at radius 3 is 2.50 bits per heavy atom. The van der Waals surface area contributed by atoms with Gasteiger partial charge in [0.05, 0.1) is 5.54 Å². The van der Waals surface area contributed by atoms with E-state index < -0.39 is 0 Å². The minimum absolute atomic E-state index is 0.315. The molecule has 0 atom stereocenters. The summed E-state index contributed by atoms with van der Waals surface area (Å²) in [5.41, 5.74) is 6.86. The highest BCUT2D eigenvalue weighted by molar-refractivity contribution is 6.69. The quantitative estimate of drug-likeness (QED) is 0.839. The van der Waals surface area contributed by atoms with E-state index in [-0.39, 0.29) is 5.54 Å². The van der Waals surface area contributed by atoms with Crippen molar-refractivity contribution in [1.82, 2.24) is 16.1 Å². The van der Waals surface area contributed by atoms with Gasteiger partial charge >= 0.3 is 0 Å². The lowest BCUT2D eigenvalue weighted by Gasteiger charge is -2.34. The van der Waals surface area contributed by atoms with E-state index in [1.165, 1.54) is 11.3 Å². The zero-order valence-electron chi connectivity index (χ0n) is 10.1. The summed E-state index contributed by atoms with van der Waals surface area (Å²) >= 11 is 11.7. The van der Waals surface area contributed by atoms with E-state index in [2.05, 4.69) is 16.0 Å². The topological polar surface area (TPSA) is 39.7 Å². The van der Waals surface area contributed by atoms with E-state index in [1.807, 2.05) is 44.2 Å². The van der Waals surface area contributed by atoms with Crippen molar-refractivity contribution in [3.8, 4) is 0 Å². The molecule has 6 heteroatoms. The SMILES string of the molecule is CC(C)(NN1N=C(Cl)C=C(Cl)N1)c1ccccc1. The summed E-state index contributed by atoms with van der Waals surface area (Å²) in [5, 5.41) is 6.21. The van der Waals surface area contributed by atoms with Crippen molar-refractivity contribution in [3.63, 3.8) is 0 Å². The van der Waals surface area contributed by atoms with Crippen molar-refractivity contribution in [1.29, 1.82) is 0 Å². The molecule has 4 nitrogen and oxygen atoms in total. The van der Waals surface area contributed by atoms with E-state index in [4.69, 9.17) is 23.2 Å². The molecule has 1 heterocycles. The highest BCUT2D eigenvalue weighted by atomic mass is 35.5. The molecule has 1 aromatic rings. The van der Waals surface area contributed by atoms with E-state index in [0.717, 1.165) is 5.56 Å². The molecule has 0 saturated heterocycles. The molecule has 0 saturated carbocycles. The zero-order chi connectivity index (χ0) is 13.2. The van der Waals surface area contributed by atoms with Crippen LogP contribution in [0.25, 0.3) is 0 Å². The minimum Gasteiger partial charge on any atom is -0.256 e. The number of hydrogen-bond donors (Lipinski definition) is 2. The summed E-state index contributed by atoms with van der Waals surface area (Å²) < 4.78 is 0. The minimum atomic E-state index is -0.316. The van der Waals surface area contributed by atoms with E-state index >= 15 is 0 Å². The lowest BCUT2D eigenvalue weighted by atomic mass is 9.95. The fraction of sp³-hybridized carbons (Fsp3) is 0.250. The van der Waals surface area contributed by atoms with Crippen molar-refractivity contribution in [2.24, 2.45) is 5.10 Å². The van der Waals surface area contributed by atoms with Crippen LogP contribution in [0, 0.1) is 0 Å². The van der Waals surface area contributed by atoms with Gasteiger partial charge in [-0.15, -0.1) is 10.3 Å². The Kier molecular flexibility index (Phi) is 3.80. The smallest absolute Gasteiger partial charge is 0.155 e. The van der Waals surface area contributed by atoms with Crippen LogP contribution in [0.4, 0.5) is 0 Å². The number of hydrogen-bond acceptors (Lipinski definition) is 4. The van der Waals surface area contributed by atoms with Crippen LogP contribution in [-0.2, 0) is 5.54 Å². The Balaban J connectivity index is 2.12. The van der Waals surface area contributed by atoms with Crippen LogP contribution in [-0.4, -0.2) is 10.4 Å². The lowest BCUT2D eigenvalue weighted by Crippen LogP contribution is -2.53. The Morgan fingerprint density at radius 2 is 1.89 bits per heavy atom. The van der Waals surface area contributed by atoms with Crippen molar-refractivity contribution < 1.29 is 0 Å². The van der Waals surface area contributed by atoms with Gasteiger partial charge in [0.15, 0.2) is 5.17 Å². The Morgan fingerprint density at radius 1 is 1.22 bits per heavy atom. The first-order valence-electron chi connectivity index (χ1n) is 5.49. The maximum atomic E-state index is 5.88. The normalized spacial score (nSPS) is 15.9. The summed E-state index contributed by atoms with van der Waals surface area (Å²) in [5.74, 6) is 0. The van der Waals surface area contributed by atoms with Gasteiger partial charge in [-0.25, -0.2) is 0 Å². The molecule has 0 radical (unpaired) electrons. The Hall–Kier alpha value is -1.23. The average Bonchev–Trinajstić information content (AvgIpc) is 2.28. The Bertz CT molecular complexity index is 482. The third kappa shape index (κ3) is 3.16. The molecule has 0 aliphatic carbocycles. The lowest BCUT2D eigenvalue weighted by molar-refractivity contribution is 0.0805. The molecule has 1 aromatic carbocycles. The van der Waals surface area contributed by atoms with Crippen LogP contribution in [0.2, 0.25) is 0 Å². The Labute approximate surface area is 116 Å². The van der Waals surface area contributed by atoms with Gasteiger partial charge in [0.2, 0.25) is 0 Å². The van der Waals surface area contributed by atoms with E-state index in [9.17, 15) is 0 Å². The molecule has 1 aliphatic rings. The second-order valence-corrected chi connectivity index (χ2v) is 5.24. The second kappa shape index (κ2) is 5.18. The molecule has 2 rings (SSSR count). The summed E-state index contributed by atoms with van der Waals surface area (Å²) in [7, 11) is 0. The molecular formula is C12H14Cl2N4. The van der Waals surface area contributed by atoms with Crippen LogP contribution in [0.1, 0.15) is 19.4 Å². The summed E-state index contributed by atoms with van der Waals surface area (Å²) in [6, 6.07) is 10.0. The van der Waals surface area contributed by atoms with Gasteiger partial charge in [0.25, 0.3) is 0 Å². The summed E-state index contributed by atoms with van der Waals surface area (Å²) in [6.45, 7) is 4.08. The third-order valence-electron chi connectivity index (χ3n) is 2.53. The van der Waals surface area contributed by atoms with Crippen molar-refractivity contribution in [3.05, 3.63) is 47.1 Å². The summed E-state index contributed by atoms with van der Waals surface area (Å²) in [4.78, 5) is 0. The summed E-state index contributed by atoms with van der Waals surface area (Å²) in [6.07, 6.45) is 1.54. The molecule has 0 spiro atoms. The highest BCUT2D eigenvalue weighted by Crippen LogP contribution is 2.20. The number of hydrazine groups is 2. The fourth-order valence-corrected chi connectivity index (χ4v) is 2.05. The molecule has 0 fully saturated rings. The van der Waals surface area contributed by atoms with Gasteiger partial charge < -0.3 is 0 Å². The number of benzene rings is 1. The first kappa shape index (κ1) is 13.2. The molecule has 0 bridgehead atoms.